The third kappa shape index (κ3) is 5.76. The average molecular weight is 276 g/mol. The van der Waals surface area contributed by atoms with Gasteiger partial charge in [-0.1, -0.05) is 0 Å². The highest BCUT2D eigenvalue weighted by atomic mass is 32.2. The third-order valence-corrected chi connectivity index (χ3v) is 3.55. The molecule has 0 bridgehead atoms. The summed E-state index contributed by atoms with van der Waals surface area (Å²) in [6.07, 6.45) is 1.87. The second-order valence-electron chi connectivity index (χ2n) is 4.18. The van der Waals surface area contributed by atoms with Crippen LogP contribution in [0.25, 0.3) is 0 Å². The summed E-state index contributed by atoms with van der Waals surface area (Å²) < 4.78 is 11.6. The van der Waals surface area contributed by atoms with Crippen LogP contribution in [0.4, 0.5) is 0 Å². The fraction of sp³-hybridized carbons (Fsp3) is 0.700. The van der Waals surface area contributed by atoms with Gasteiger partial charge in [-0.05, 0) is 12.8 Å². The number of nitrogens with one attached hydrogen (secondary N) is 2. The lowest BCUT2D eigenvalue weighted by Crippen LogP contribution is -2.44. The highest BCUT2D eigenvalue weighted by molar-refractivity contribution is 7.85. The van der Waals surface area contributed by atoms with E-state index in [1.165, 1.54) is 6.92 Å². The van der Waals surface area contributed by atoms with Crippen molar-refractivity contribution in [2.45, 2.75) is 31.8 Å². The van der Waals surface area contributed by atoms with Crippen molar-refractivity contribution in [2.24, 2.45) is 0 Å². The number of carboxylic acids is 1. The van der Waals surface area contributed by atoms with Gasteiger partial charge in [-0.15, -0.1) is 0 Å². The summed E-state index contributed by atoms with van der Waals surface area (Å²) in [5, 5.41) is 13.6. The predicted molar refractivity (Wildman–Crippen MR) is 64.3 cm³/mol. The summed E-state index contributed by atoms with van der Waals surface area (Å²) in [6.45, 7) is 1.18. The van der Waals surface area contributed by atoms with Crippen molar-refractivity contribution in [3.8, 4) is 0 Å². The first-order valence-electron chi connectivity index (χ1n) is 5.52. The Balaban J connectivity index is 2.37. The van der Waals surface area contributed by atoms with E-state index in [2.05, 4.69) is 10.6 Å². The van der Waals surface area contributed by atoms with E-state index >= 15 is 0 Å². The van der Waals surface area contributed by atoms with Gasteiger partial charge in [0.2, 0.25) is 11.8 Å². The second kappa shape index (κ2) is 6.48. The molecule has 0 aromatic rings. The van der Waals surface area contributed by atoms with Gasteiger partial charge in [0, 0.05) is 23.8 Å². The number of amides is 2. The van der Waals surface area contributed by atoms with Crippen LogP contribution in [-0.4, -0.2) is 50.7 Å². The zero-order chi connectivity index (χ0) is 13.7. The van der Waals surface area contributed by atoms with Gasteiger partial charge in [0.1, 0.15) is 11.8 Å². The first-order chi connectivity index (χ1) is 8.38. The molecule has 1 rings (SSSR count). The molecule has 8 heteroatoms. The van der Waals surface area contributed by atoms with Gasteiger partial charge in [-0.3, -0.25) is 13.8 Å². The maximum absolute atomic E-state index is 11.6. The highest BCUT2D eigenvalue weighted by Crippen LogP contribution is 2.18. The minimum atomic E-state index is -1.61. The number of carboxylic acid groups (broad SMARTS) is 1. The van der Waals surface area contributed by atoms with Crippen LogP contribution in [0.2, 0.25) is 0 Å². The first-order valence-corrected chi connectivity index (χ1v) is 7.01. The lowest BCUT2D eigenvalue weighted by atomic mass is 10.3. The Morgan fingerprint density at radius 3 is 2.44 bits per heavy atom. The van der Waals surface area contributed by atoms with Crippen LogP contribution in [0.5, 0.6) is 0 Å². The first kappa shape index (κ1) is 14.6. The molecule has 0 aliphatic heterocycles. The molecule has 0 saturated heterocycles. The van der Waals surface area contributed by atoms with E-state index in [9.17, 15) is 18.6 Å². The minimum absolute atomic E-state index is 0.181. The number of hydrogen-bond donors (Lipinski definition) is 3. The molecule has 0 spiro atoms. The Kier molecular flexibility index (Phi) is 5.26. The number of carbonyl (C=O) groups is 3. The molecular formula is C10H16N2O5S. The molecule has 0 radical (unpaired) electrons. The van der Waals surface area contributed by atoms with Crippen LogP contribution in [-0.2, 0) is 25.2 Å². The molecule has 0 aromatic heterocycles. The van der Waals surface area contributed by atoms with Crippen molar-refractivity contribution in [1.29, 1.82) is 0 Å². The van der Waals surface area contributed by atoms with E-state index in [0.29, 0.717) is 0 Å². The molecule has 1 aliphatic carbocycles. The van der Waals surface area contributed by atoms with Gasteiger partial charge in [0.15, 0.2) is 0 Å². The Labute approximate surface area is 107 Å². The van der Waals surface area contributed by atoms with Crippen LogP contribution in [0.1, 0.15) is 19.8 Å². The molecule has 0 heterocycles. The van der Waals surface area contributed by atoms with Crippen molar-refractivity contribution in [3.63, 3.8) is 0 Å². The van der Waals surface area contributed by atoms with Gasteiger partial charge < -0.3 is 15.7 Å². The molecule has 3 N–H and O–H groups in total. The van der Waals surface area contributed by atoms with Crippen molar-refractivity contribution in [3.05, 3.63) is 0 Å². The Hall–Kier alpha value is -1.44. The Morgan fingerprint density at radius 1 is 1.39 bits per heavy atom. The topological polar surface area (TPSA) is 113 Å². The van der Waals surface area contributed by atoms with Crippen LogP contribution in [0.15, 0.2) is 0 Å². The number of hydrogen-bond acceptors (Lipinski definition) is 4. The molecule has 1 aliphatic rings. The van der Waals surface area contributed by atoms with E-state index < -0.39 is 28.7 Å². The second-order valence-corrected chi connectivity index (χ2v) is 5.69. The SMILES string of the molecule is CC(=O)NC(CS(=O)CC(=O)NC1CC1)C(=O)O. The fourth-order valence-electron chi connectivity index (χ4n) is 1.31. The molecule has 102 valence electrons. The summed E-state index contributed by atoms with van der Waals surface area (Å²) in [7, 11) is -1.61. The summed E-state index contributed by atoms with van der Waals surface area (Å²) in [4.78, 5) is 32.9. The van der Waals surface area contributed by atoms with E-state index in [1.807, 2.05) is 0 Å². The van der Waals surface area contributed by atoms with E-state index in [4.69, 9.17) is 5.11 Å². The maximum atomic E-state index is 11.6. The van der Waals surface area contributed by atoms with Crippen molar-refractivity contribution in [2.75, 3.05) is 11.5 Å². The van der Waals surface area contributed by atoms with Crippen molar-refractivity contribution < 1.29 is 23.7 Å². The number of carbonyl (C=O) groups excluding carboxylic acids is 2. The van der Waals surface area contributed by atoms with Crippen LogP contribution >= 0.6 is 0 Å². The van der Waals surface area contributed by atoms with E-state index in [-0.39, 0.29) is 23.5 Å². The average Bonchev–Trinajstić information content (AvgIpc) is 2.99. The molecule has 2 atom stereocenters. The molecule has 1 fully saturated rings. The normalized spacial score (nSPS) is 17.6. The highest BCUT2D eigenvalue weighted by Gasteiger charge is 2.26. The van der Waals surface area contributed by atoms with Gasteiger partial charge in [-0.25, -0.2) is 4.79 Å². The third-order valence-electron chi connectivity index (χ3n) is 2.26. The monoisotopic (exact) mass is 276 g/mol. The summed E-state index contributed by atoms with van der Waals surface area (Å²) >= 11 is 0. The smallest absolute Gasteiger partial charge is 0.327 e. The lowest BCUT2D eigenvalue weighted by molar-refractivity contribution is -0.140. The van der Waals surface area contributed by atoms with Gasteiger partial charge in [-0.2, -0.15) is 0 Å². The summed E-state index contributed by atoms with van der Waals surface area (Å²) in [6, 6.07) is -1.04. The lowest BCUT2D eigenvalue weighted by Gasteiger charge is -2.12. The molecule has 2 amide bonds. The zero-order valence-electron chi connectivity index (χ0n) is 9.97. The zero-order valence-corrected chi connectivity index (χ0v) is 10.8. The van der Waals surface area contributed by atoms with Crippen LogP contribution < -0.4 is 10.6 Å². The maximum Gasteiger partial charge on any atom is 0.327 e. The van der Waals surface area contributed by atoms with Gasteiger partial charge in [0.25, 0.3) is 0 Å². The molecule has 2 unspecified atom stereocenters. The number of rotatable bonds is 7. The molecule has 18 heavy (non-hydrogen) atoms. The summed E-state index contributed by atoms with van der Waals surface area (Å²) in [5.74, 6) is -2.63. The van der Waals surface area contributed by atoms with E-state index in [1.54, 1.807) is 0 Å². The van der Waals surface area contributed by atoms with Crippen LogP contribution in [0, 0.1) is 0 Å². The number of aliphatic carboxylic acids is 1. The quantitative estimate of drug-likeness (QED) is 0.529. The molecule has 7 nitrogen and oxygen atoms in total. The van der Waals surface area contributed by atoms with Gasteiger partial charge in [0.05, 0.1) is 5.75 Å². The van der Waals surface area contributed by atoms with Crippen LogP contribution in [0.3, 0.4) is 0 Å². The Bertz CT molecular complexity index is 380. The molecule has 1 saturated carbocycles. The minimum Gasteiger partial charge on any atom is -0.480 e. The molecular weight excluding hydrogens is 260 g/mol. The standard InChI is InChI=1S/C10H16N2O5S/c1-6(13)11-8(10(15)16)4-18(17)5-9(14)12-7-2-3-7/h7-8H,2-5H2,1H3,(H,11,13)(H,12,14)(H,15,16). The molecule has 0 aromatic carbocycles. The largest absolute Gasteiger partial charge is 0.480 e. The van der Waals surface area contributed by atoms with Crippen molar-refractivity contribution >= 4 is 28.6 Å². The van der Waals surface area contributed by atoms with Gasteiger partial charge >= 0.3 is 5.97 Å². The van der Waals surface area contributed by atoms with E-state index in [0.717, 1.165) is 12.8 Å². The Morgan fingerprint density at radius 2 is 2.00 bits per heavy atom. The predicted octanol–water partition coefficient (Wildman–Crippen LogP) is -1.40. The summed E-state index contributed by atoms with van der Waals surface area (Å²) in [5.41, 5.74) is 0. The fourth-order valence-corrected chi connectivity index (χ4v) is 2.40. The van der Waals surface area contributed by atoms with Crippen molar-refractivity contribution in [1.82, 2.24) is 10.6 Å².